The van der Waals surface area contributed by atoms with Gasteiger partial charge < -0.3 is 14.8 Å². The molecule has 2 aliphatic rings. The average Bonchev–Trinajstić information content (AvgIpc) is 3.13. The average molecular weight is 493 g/mol. The molecule has 0 aromatic heterocycles. The highest BCUT2D eigenvalue weighted by molar-refractivity contribution is 5.90. The van der Waals surface area contributed by atoms with Crippen LogP contribution in [-0.4, -0.2) is 54.5 Å². The van der Waals surface area contributed by atoms with E-state index < -0.39 is 6.10 Å². The number of amides is 1. The minimum Gasteiger partial charge on any atom is -0.461 e. The highest BCUT2D eigenvalue weighted by Gasteiger charge is 2.50. The van der Waals surface area contributed by atoms with Crippen LogP contribution < -0.4 is 5.32 Å². The van der Waals surface area contributed by atoms with Crippen molar-refractivity contribution in [2.75, 3.05) is 13.6 Å². The number of unbranched alkanes of at least 4 members (excludes halogenated alkanes) is 2. The Bertz CT molecular complexity index is 1010. The molecule has 2 fully saturated rings. The minimum atomic E-state index is -0.425. The number of piperidine rings is 1. The number of benzene rings is 2. The van der Waals surface area contributed by atoms with Gasteiger partial charge >= 0.3 is 11.9 Å². The standard InChI is InChI=1S/C29H36N2O5/c1-31-23-16-17-24(31)27(25(19-23)36-29(34)22-13-7-3-8-14-22)28(33)30-18-10-4-9-15-26(32)35-20-21-11-5-2-6-12-21/h2-3,5-8,11-14,23-25,27H,4,9-10,15-20H2,1H3,(H,30,33)/t23?,24?,25-,27+/m0/s1. The van der Waals surface area contributed by atoms with Gasteiger partial charge in [-0.25, -0.2) is 4.79 Å². The van der Waals surface area contributed by atoms with E-state index in [4.69, 9.17) is 9.47 Å². The van der Waals surface area contributed by atoms with Gasteiger partial charge in [0.05, 0.1) is 11.5 Å². The van der Waals surface area contributed by atoms with E-state index >= 15 is 0 Å². The SMILES string of the molecule is CN1C2CCC1[C@@H](C(=O)NCCCCCC(=O)OCc1ccccc1)[C@@H](OC(=O)c1ccccc1)C2. The summed E-state index contributed by atoms with van der Waals surface area (Å²) in [5.74, 6) is -1.01. The van der Waals surface area contributed by atoms with Crippen molar-refractivity contribution < 1.29 is 23.9 Å². The molecule has 4 atom stereocenters. The van der Waals surface area contributed by atoms with Crippen molar-refractivity contribution in [3.8, 4) is 0 Å². The molecule has 0 aliphatic carbocycles. The van der Waals surface area contributed by atoms with Crippen LogP contribution in [0, 0.1) is 5.92 Å². The molecular weight excluding hydrogens is 456 g/mol. The maximum atomic E-state index is 13.2. The lowest BCUT2D eigenvalue weighted by molar-refractivity contribution is -0.145. The van der Waals surface area contributed by atoms with Gasteiger partial charge in [0.2, 0.25) is 5.91 Å². The first-order valence-corrected chi connectivity index (χ1v) is 13.0. The van der Waals surface area contributed by atoms with E-state index in [2.05, 4.69) is 17.3 Å². The molecule has 2 aliphatic heterocycles. The number of fused-ring (bicyclic) bond motifs is 2. The van der Waals surface area contributed by atoms with E-state index in [1.165, 1.54) is 0 Å². The van der Waals surface area contributed by atoms with Crippen molar-refractivity contribution in [2.45, 2.75) is 69.7 Å². The van der Waals surface area contributed by atoms with Gasteiger partial charge in [0, 0.05) is 31.5 Å². The summed E-state index contributed by atoms with van der Waals surface area (Å²) >= 11 is 0. The number of ether oxygens (including phenoxy) is 2. The third-order valence-corrected chi connectivity index (χ3v) is 7.38. The molecule has 7 heteroatoms. The van der Waals surface area contributed by atoms with Crippen LogP contribution >= 0.6 is 0 Å². The summed E-state index contributed by atoms with van der Waals surface area (Å²) < 4.78 is 11.2. The Morgan fingerprint density at radius 1 is 0.944 bits per heavy atom. The van der Waals surface area contributed by atoms with Crippen LogP contribution in [-0.2, 0) is 25.7 Å². The van der Waals surface area contributed by atoms with E-state index in [9.17, 15) is 14.4 Å². The first-order valence-electron chi connectivity index (χ1n) is 13.0. The zero-order valence-corrected chi connectivity index (χ0v) is 20.9. The molecule has 2 saturated heterocycles. The number of carbonyl (C=O) groups is 3. The van der Waals surface area contributed by atoms with Gasteiger partial charge in [0.1, 0.15) is 12.7 Å². The maximum absolute atomic E-state index is 13.2. The summed E-state index contributed by atoms with van der Waals surface area (Å²) in [6.45, 7) is 0.831. The van der Waals surface area contributed by atoms with Gasteiger partial charge in [0.25, 0.3) is 0 Å². The highest BCUT2D eigenvalue weighted by Crippen LogP contribution is 2.40. The van der Waals surface area contributed by atoms with Gasteiger partial charge in [-0.3, -0.25) is 14.5 Å². The van der Waals surface area contributed by atoms with E-state index in [1.807, 2.05) is 48.5 Å². The predicted octanol–water partition coefficient (Wildman–Crippen LogP) is 4.11. The van der Waals surface area contributed by atoms with Gasteiger partial charge in [0.15, 0.2) is 0 Å². The van der Waals surface area contributed by atoms with Gasteiger partial charge in [-0.1, -0.05) is 55.0 Å². The quantitative estimate of drug-likeness (QED) is 0.375. The van der Waals surface area contributed by atoms with Crippen LogP contribution in [0.25, 0.3) is 0 Å². The maximum Gasteiger partial charge on any atom is 0.338 e. The molecular formula is C29H36N2O5. The summed E-state index contributed by atoms with van der Waals surface area (Å²) in [5, 5.41) is 3.06. The van der Waals surface area contributed by atoms with E-state index in [0.717, 1.165) is 37.7 Å². The summed E-state index contributed by atoms with van der Waals surface area (Å²) in [5.41, 5.74) is 1.48. The largest absolute Gasteiger partial charge is 0.461 e. The minimum absolute atomic E-state index is 0.0552. The Morgan fingerprint density at radius 3 is 2.42 bits per heavy atom. The number of rotatable bonds is 11. The Morgan fingerprint density at radius 2 is 1.67 bits per heavy atom. The topological polar surface area (TPSA) is 84.9 Å². The van der Waals surface area contributed by atoms with Crippen LogP contribution in [0.4, 0.5) is 0 Å². The van der Waals surface area contributed by atoms with Crippen molar-refractivity contribution >= 4 is 17.8 Å². The lowest BCUT2D eigenvalue weighted by Gasteiger charge is -2.41. The fraction of sp³-hybridized carbons (Fsp3) is 0.483. The second-order valence-corrected chi connectivity index (χ2v) is 9.78. The normalized spacial score (nSPS) is 23.1. The number of hydrogen-bond donors (Lipinski definition) is 1. The van der Waals surface area contributed by atoms with Crippen LogP contribution in [0.15, 0.2) is 60.7 Å². The van der Waals surface area contributed by atoms with Crippen LogP contribution in [0.3, 0.4) is 0 Å². The highest BCUT2D eigenvalue weighted by atomic mass is 16.5. The van der Waals surface area contributed by atoms with Crippen LogP contribution in [0.1, 0.15) is 60.9 Å². The van der Waals surface area contributed by atoms with E-state index in [1.54, 1.807) is 12.1 Å². The van der Waals surface area contributed by atoms with Crippen LogP contribution in [0.5, 0.6) is 0 Å². The molecule has 0 saturated carbocycles. The van der Waals surface area contributed by atoms with Crippen molar-refractivity contribution in [1.82, 2.24) is 10.2 Å². The molecule has 2 aromatic rings. The van der Waals surface area contributed by atoms with Crippen molar-refractivity contribution in [2.24, 2.45) is 5.92 Å². The first-order chi connectivity index (χ1) is 17.5. The van der Waals surface area contributed by atoms with Gasteiger partial charge in [-0.05, 0) is 50.4 Å². The molecule has 2 unspecified atom stereocenters. The number of hydrogen-bond acceptors (Lipinski definition) is 6. The lowest BCUT2D eigenvalue weighted by Crippen LogP contribution is -2.55. The van der Waals surface area contributed by atoms with Crippen LogP contribution in [0.2, 0.25) is 0 Å². The van der Waals surface area contributed by atoms with E-state index in [0.29, 0.717) is 37.6 Å². The number of esters is 2. The Balaban J connectivity index is 1.20. The number of carbonyl (C=O) groups excluding carboxylic acids is 3. The third-order valence-electron chi connectivity index (χ3n) is 7.38. The first kappa shape index (κ1) is 25.9. The Kier molecular flexibility index (Phi) is 9.11. The molecule has 1 N–H and O–H groups in total. The molecule has 192 valence electrons. The van der Waals surface area contributed by atoms with Crippen molar-refractivity contribution in [1.29, 1.82) is 0 Å². The fourth-order valence-corrected chi connectivity index (χ4v) is 5.38. The van der Waals surface area contributed by atoms with Gasteiger partial charge in [-0.2, -0.15) is 0 Å². The van der Waals surface area contributed by atoms with Crippen molar-refractivity contribution in [3.05, 3.63) is 71.8 Å². The van der Waals surface area contributed by atoms with Gasteiger partial charge in [-0.15, -0.1) is 0 Å². The Hall–Kier alpha value is -3.19. The molecule has 7 nitrogen and oxygen atoms in total. The lowest BCUT2D eigenvalue weighted by atomic mass is 9.86. The van der Waals surface area contributed by atoms with Crippen molar-refractivity contribution in [3.63, 3.8) is 0 Å². The molecule has 0 spiro atoms. The number of nitrogens with one attached hydrogen (secondary N) is 1. The number of nitrogens with zero attached hydrogens (tertiary/aromatic N) is 1. The zero-order valence-electron chi connectivity index (χ0n) is 20.9. The molecule has 0 radical (unpaired) electrons. The Labute approximate surface area is 213 Å². The summed E-state index contributed by atoms with van der Waals surface area (Å²) in [7, 11) is 2.06. The van der Waals surface area contributed by atoms with E-state index in [-0.39, 0.29) is 29.8 Å². The molecule has 4 rings (SSSR count). The predicted molar refractivity (Wildman–Crippen MR) is 136 cm³/mol. The summed E-state index contributed by atoms with van der Waals surface area (Å²) in [6, 6.07) is 19.0. The molecule has 1 amide bonds. The third kappa shape index (κ3) is 6.72. The summed E-state index contributed by atoms with van der Waals surface area (Å²) in [4.78, 5) is 40.2. The second-order valence-electron chi connectivity index (χ2n) is 9.78. The molecule has 2 heterocycles. The smallest absolute Gasteiger partial charge is 0.338 e. The molecule has 36 heavy (non-hydrogen) atoms. The molecule has 2 aromatic carbocycles. The molecule has 2 bridgehead atoms. The second kappa shape index (κ2) is 12.7. The summed E-state index contributed by atoms with van der Waals surface area (Å²) in [6.07, 6.45) is 4.90. The monoisotopic (exact) mass is 492 g/mol. The fourth-order valence-electron chi connectivity index (χ4n) is 5.38. The zero-order chi connectivity index (χ0) is 25.3.